The SMILES string of the molecule is CC1C(Nc2nc3c(cnn3C)c(=O)[nH]2)CCCN1C(=O)CC1(C)CCCC1. The fourth-order valence-electron chi connectivity index (χ4n) is 4.84. The zero-order valence-electron chi connectivity index (χ0n) is 17.0. The Morgan fingerprint density at radius 1 is 1.36 bits per heavy atom. The van der Waals surface area contributed by atoms with E-state index >= 15 is 0 Å². The van der Waals surface area contributed by atoms with Gasteiger partial charge in [-0.3, -0.25) is 19.3 Å². The monoisotopic (exact) mass is 386 g/mol. The molecule has 1 saturated heterocycles. The van der Waals surface area contributed by atoms with Crippen LogP contribution in [0.15, 0.2) is 11.0 Å². The van der Waals surface area contributed by atoms with Gasteiger partial charge in [-0.15, -0.1) is 0 Å². The van der Waals surface area contributed by atoms with Gasteiger partial charge in [-0.2, -0.15) is 10.1 Å². The molecular weight excluding hydrogens is 356 g/mol. The maximum Gasteiger partial charge on any atom is 0.263 e. The summed E-state index contributed by atoms with van der Waals surface area (Å²) < 4.78 is 1.60. The van der Waals surface area contributed by atoms with Crippen molar-refractivity contribution in [2.75, 3.05) is 11.9 Å². The number of aromatic amines is 1. The summed E-state index contributed by atoms with van der Waals surface area (Å²) in [7, 11) is 1.77. The van der Waals surface area contributed by atoms with Crippen LogP contribution in [0.5, 0.6) is 0 Å². The number of H-pyrrole nitrogens is 1. The Morgan fingerprint density at radius 2 is 2.11 bits per heavy atom. The smallest absolute Gasteiger partial charge is 0.263 e. The average Bonchev–Trinajstić information content (AvgIpc) is 3.23. The predicted octanol–water partition coefficient (Wildman–Crippen LogP) is 2.42. The quantitative estimate of drug-likeness (QED) is 0.841. The molecule has 0 aromatic carbocycles. The number of nitrogens with one attached hydrogen (secondary N) is 2. The number of rotatable bonds is 4. The third-order valence-corrected chi connectivity index (χ3v) is 6.62. The standard InChI is InChI=1S/C20H30N6O2/c1-13-15(22-19-23-17-14(18(28)24-19)12-21-25(17)3)7-6-10-26(13)16(27)11-20(2)8-4-5-9-20/h12-13,15H,4-11H2,1-3H3,(H2,22,23,24,28). The molecule has 2 N–H and O–H groups in total. The molecule has 3 heterocycles. The van der Waals surface area contributed by atoms with Crippen molar-refractivity contribution in [2.24, 2.45) is 12.5 Å². The number of aromatic nitrogens is 4. The molecule has 8 heteroatoms. The first-order valence-electron chi connectivity index (χ1n) is 10.3. The van der Waals surface area contributed by atoms with Crippen molar-refractivity contribution in [3.05, 3.63) is 16.6 Å². The first-order chi connectivity index (χ1) is 13.4. The van der Waals surface area contributed by atoms with Crippen LogP contribution in [0.2, 0.25) is 0 Å². The molecular formula is C20H30N6O2. The number of carbonyl (C=O) groups is 1. The van der Waals surface area contributed by atoms with Crippen LogP contribution in [0.1, 0.15) is 58.8 Å². The molecule has 0 bridgehead atoms. The zero-order chi connectivity index (χ0) is 19.9. The molecule has 4 rings (SSSR count). The number of nitrogens with zero attached hydrogens (tertiary/aromatic N) is 4. The third kappa shape index (κ3) is 3.52. The van der Waals surface area contributed by atoms with Crippen LogP contribution in [-0.2, 0) is 11.8 Å². The molecule has 8 nitrogen and oxygen atoms in total. The van der Waals surface area contributed by atoms with E-state index in [1.807, 2.05) is 4.90 Å². The fraction of sp³-hybridized carbons (Fsp3) is 0.700. The van der Waals surface area contributed by atoms with E-state index in [1.54, 1.807) is 11.7 Å². The van der Waals surface area contributed by atoms with E-state index in [1.165, 1.54) is 19.0 Å². The van der Waals surface area contributed by atoms with Crippen molar-refractivity contribution in [3.8, 4) is 0 Å². The lowest BCUT2D eigenvalue weighted by Gasteiger charge is -2.41. The van der Waals surface area contributed by atoms with E-state index in [-0.39, 0.29) is 29.0 Å². The van der Waals surface area contributed by atoms with Crippen molar-refractivity contribution < 1.29 is 4.79 Å². The highest BCUT2D eigenvalue weighted by molar-refractivity contribution is 5.77. The van der Waals surface area contributed by atoms with Crippen LogP contribution in [0.3, 0.4) is 0 Å². The van der Waals surface area contributed by atoms with Gasteiger partial charge in [0.2, 0.25) is 11.9 Å². The number of piperidine rings is 1. The average molecular weight is 387 g/mol. The molecule has 2 atom stereocenters. The second-order valence-electron chi connectivity index (χ2n) is 8.84. The highest BCUT2D eigenvalue weighted by Gasteiger charge is 2.36. The maximum absolute atomic E-state index is 13.0. The number of likely N-dealkylation sites (tertiary alicyclic amines) is 1. The van der Waals surface area contributed by atoms with E-state index in [0.717, 1.165) is 32.2 Å². The highest BCUT2D eigenvalue weighted by atomic mass is 16.2. The molecule has 0 spiro atoms. The molecule has 1 saturated carbocycles. The lowest BCUT2D eigenvalue weighted by atomic mass is 9.84. The van der Waals surface area contributed by atoms with Crippen LogP contribution >= 0.6 is 0 Å². The van der Waals surface area contributed by atoms with Crippen molar-refractivity contribution in [1.82, 2.24) is 24.6 Å². The van der Waals surface area contributed by atoms with Gasteiger partial charge in [-0.1, -0.05) is 19.8 Å². The first-order valence-corrected chi connectivity index (χ1v) is 10.3. The Labute approximate surface area is 164 Å². The van der Waals surface area contributed by atoms with Gasteiger partial charge >= 0.3 is 0 Å². The number of anilines is 1. The molecule has 1 amide bonds. The van der Waals surface area contributed by atoms with Gasteiger partial charge in [0.05, 0.1) is 6.20 Å². The van der Waals surface area contributed by atoms with Crippen LogP contribution < -0.4 is 10.9 Å². The zero-order valence-corrected chi connectivity index (χ0v) is 17.0. The highest BCUT2D eigenvalue weighted by Crippen LogP contribution is 2.41. The number of hydrogen-bond acceptors (Lipinski definition) is 5. The number of aryl methyl sites for hydroxylation is 1. The summed E-state index contributed by atoms with van der Waals surface area (Å²) in [6.07, 6.45) is 8.82. The van der Waals surface area contributed by atoms with Gasteiger partial charge in [-0.25, -0.2) is 0 Å². The Hall–Kier alpha value is -2.38. The molecule has 2 aromatic rings. The Morgan fingerprint density at radius 3 is 2.86 bits per heavy atom. The summed E-state index contributed by atoms with van der Waals surface area (Å²) in [5, 5.41) is 7.95. The molecule has 2 fully saturated rings. The Balaban J connectivity index is 1.48. The van der Waals surface area contributed by atoms with E-state index in [9.17, 15) is 9.59 Å². The van der Waals surface area contributed by atoms with Gasteiger partial charge in [0.1, 0.15) is 5.39 Å². The lowest BCUT2D eigenvalue weighted by molar-refractivity contribution is -0.137. The van der Waals surface area contributed by atoms with Crippen molar-refractivity contribution in [2.45, 2.75) is 70.9 Å². The van der Waals surface area contributed by atoms with E-state index < -0.39 is 0 Å². The minimum Gasteiger partial charge on any atom is -0.351 e. The summed E-state index contributed by atoms with van der Waals surface area (Å²) in [5.41, 5.74) is 0.511. The maximum atomic E-state index is 13.0. The van der Waals surface area contributed by atoms with Gasteiger partial charge in [-0.05, 0) is 38.0 Å². The summed E-state index contributed by atoms with van der Waals surface area (Å²) in [6, 6.07) is 0.113. The first kappa shape index (κ1) is 19.0. The molecule has 2 aliphatic rings. The topological polar surface area (TPSA) is 95.9 Å². The number of hydrogen-bond donors (Lipinski definition) is 2. The molecule has 28 heavy (non-hydrogen) atoms. The normalized spacial score (nSPS) is 24.6. The van der Waals surface area contributed by atoms with Crippen molar-refractivity contribution in [1.29, 1.82) is 0 Å². The molecule has 1 aliphatic carbocycles. The molecule has 1 aliphatic heterocycles. The fourth-order valence-corrected chi connectivity index (χ4v) is 4.84. The van der Waals surface area contributed by atoms with Crippen LogP contribution in [0, 0.1) is 5.41 Å². The second kappa shape index (κ2) is 7.22. The number of fused-ring (bicyclic) bond motifs is 1. The number of amides is 1. The third-order valence-electron chi connectivity index (χ3n) is 6.62. The largest absolute Gasteiger partial charge is 0.351 e. The molecule has 152 valence electrons. The van der Waals surface area contributed by atoms with E-state index in [0.29, 0.717) is 23.4 Å². The van der Waals surface area contributed by atoms with Gasteiger partial charge in [0.25, 0.3) is 5.56 Å². The van der Waals surface area contributed by atoms with Gasteiger partial charge in [0, 0.05) is 32.1 Å². The predicted molar refractivity (Wildman–Crippen MR) is 108 cm³/mol. The van der Waals surface area contributed by atoms with Crippen LogP contribution in [-0.4, -0.2) is 49.2 Å². The summed E-state index contributed by atoms with van der Waals surface area (Å²) in [5.74, 6) is 0.696. The van der Waals surface area contributed by atoms with Gasteiger partial charge < -0.3 is 10.2 Å². The van der Waals surface area contributed by atoms with Gasteiger partial charge in [0.15, 0.2) is 5.65 Å². The van der Waals surface area contributed by atoms with Crippen molar-refractivity contribution >= 4 is 22.9 Å². The van der Waals surface area contributed by atoms with Crippen LogP contribution in [0.4, 0.5) is 5.95 Å². The molecule has 0 radical (unpaired) electrons. The lowest BCUT2D eigenvalue weighted by Crippen LogP contribution is -2.53. The Bertz CT molecular complexity index is 926. The minimum absolute atomic E-state index is 0.0544. The Kier molecular flexibility index (Phi) is 4.89. The molecule has 2 aromatic heterocycles. The van der Waals surface area contributed by atoms with E-state index in [4.69, 9.17) is 0 Å². The van der Waals surface area contributed by atoms with Crippen LogP contribution in [0.25, 0.3) is 11.0 Å². The molecule has 2 unspecified atom stereocenters. The summed E-state index contributed by atoms with van der Waals surface area (Å²) in [6.45, 7) is 5.14. The second-order valence-corrected chi connectivity index (χ2v) is 8.84. The minimum atomic E-state index is -0.203. The summed E-state index contributed by atoms with van der Waals surface area (Å²) >= 11 is 0. The number of carbonyl (C=O) groups excluding carboxylic acids is 1. The summed E-state index contributed by atoms with van der Waals surface area (Å²) in [4.78, 5) is 34.6. The van der Waals surface area contributed by atoms with E-state index in [2.05, 4.69) is 34.2 Å². The van der Waals surface area contributed by atoms with Crippen molar-refractivity contribution in [3.63, 3.8) is 0 Å².